The van der Waals surface area contributed by atoms with Crippen molar-refractivity contribution < 1.29 is 14.5 Å². The summed E-state index contributed by atoms with van der Waals surface area (Å²) >= 11 is 0. The summed E-state index contributed by atoms with van der Waals surface area (Å²) in [5.41, 5.74) is 0.664. The van der Waals surface area contributed by atoms with E-state index >= 15 is 0 Å². The first-order valence-corrected chi connectivity index (χ1v) is 6.24. The summed E-state index contributed by atoms with van der Waals surface area (Å²) < 4.78 is 0. The fourth-order valence-corrected chi connectivity index (χ4v) is 1.67. The van der Waals surface area contributed by atoms with E-state index in [0.29, 0.717) is 17.7 Å². The molecule has 1 amide bonds. The van der Waals surface area contributed by atoms with Crippen LogP contribution in [0.1, 0.15) is 10.4 Å². The summed E-state index contributed by atoms with van der Waals surface area (Å²) in [6.07, 6.45) is 1.43. The Hall–Kier alpha value is -3.35. The van der Waals surface area contributed by atoms with Crippen LogP contribution < -0.4 is 5.01 Å². The molecule has 0 bridgehead atoms. The number of carbonyl (C=O) groups excluding carboxylic acids is 2. The first-order valence-electron chi connectivity index (χ1n) is 6.24. The van der Waals surface area contributed by atoms with E-state index in [1.165, 1.54) is 24.3 Å². The van der Waals surface area contributed by atoms with Crippen LogP contribution in [0.25, 0.3) is 0 Å². The molecule has 0 unspecified atom stereocenters. The van der Waals surface area contributed by atoms with Crippen LogP contribution in [-0.2, 0) is 4.79 Å². The number of carbonyl (C=O) groups is 2. The van der Waals surface area contributed by atoms with Crippen LogP contribution in [0, 0.1) is 10.1 Å². The van der Waals surface area contributed by atoms with Gasteiger partial charge in [-0.05, 0) is 12.1 Å². The Morgan fingerprint density at radius 2 is 1.73 bits per heavy atom. The van der Waals surface area contributed by atoms with Gasteiger partial charge in [0.25, 0.3) is 5.69 Å². The third-order valence-electron chi connectivity index (χ3n) is 2.78. The highest BCUT2D eigenvalue weighted by molar-refractivity contribution is 6.35. The van der Waals surface area contributed by atoms with Gasteiger partial charge in [0.1, 0.15) is 0 Å². The van der Waals surface area contributed by atoms with Gasteiger partial charge in [0.05, 0.1) is 16.8 Å². The molecule has 0 saturated heterocycles. The van der Waals surface area contributed by atoms with Gasteiger partial charge in [0.2, 0.25) is 12.2 Å². The summed E-state index contributed by atoms with van der Waals surface area (Å²) in [7, 11) is 0. The fraction of sp³-hybridized carbons (Fsp3) is 0. The van der Waals surface area contributed by atoms with Crippen LogP contribution in [0.3, 0.4) is 0 Å². The Labute approximate surface area is 125 Å². The lowest BCUT2D eigenvalue weighted by molar-refractivity contribution is -0.384. The number of hydrogen-bond acceptors (Lipinski definition) is 5. The van der Waals surface area contributed by atoms with E-state index in [1.807, 2.05) is 0 Å². The Morgan fingerprint density at radius 3 is 2.27 bits per heavy atom. The van der Waals surface area contributed by atoms with Crippen molar-refractivity contribution >= 4 is 29.8 Å². The van der Waals surface area contributed by atoms with Gasteiger partial charge in [-0.15, -0.1) is 0 Å². The van der Waals surface area contributed by atoms with Gasteiger partial charge in [-0.25, -0.2) is 5.01 Å². The number of amides is 1. The van der Waals surface area contributed by atoms with E-state index in [4.69, 9.17) is 0 Å². The standard InChI is InChI=1S/C15H11N3O4/c19-11-17(13-6-8-14(9-7-13)18(21)22)16-10-15(20)12-4-2-1-3-5-12/h1-11H. The molecule has 0 aliphatic heterocycles. The lowest BCUT2D eigenvalue weighted by atomic mass is 10.1. The highest BCUT2D eigenvalue weighted by atomic mass is 16.6. The third kappa shape index (κ3) is 3.60. The topological polar surface area (TPSA) is 92.9 Å². The van der Waals surface area contributed by atoms with Crippen LogP contribution in [0.2, 0.25) is 0 Å². The molecule has 0 fully saturated rings. The van der Waals surface area contributed by atoms with Gasteiger partial charge in [-0.3, -0.25) is 19.7 Å². The summed E-state index contributed by atoms with van der Waals surface area (Å²) in [6, 6.07) is 13.7. The van der Waals surface area contributed by atoms with Crippen molar-refractivity contribution in [2.45, 2.75) is 0 Å². The van der Waals surface area contributed by atoms with Crippen molar-refractivity contribution in [3.8, 4) is 0 Å². The molecule has 7 heteroatoms. The molecule has 7 nitrogen and oxygen atoms in total. The Morgan fingerprint density at radius 1 is 1.09 bits per heavy atom. The van der Waals surface area contributed by atoms with Crippen molar-refractivity contribution in [3.05, 3.63) is 70.3 Å². The van der Waals surface area contributed by atoms with Gasteiger partial charge in [-0.1, -0.05) is 30.3 Å². The van der Waals surface area contributed by atoms with E-state index in [2.05, 4.69) is 5.10 Å². The average molecular weight is 297 g/mol. The molecular formula is C15H11N3O4. The molecule has 2 aromatic carbocycles. The van der Waals surface area contributed by atoms with Gasteiger partial charge in [0, 0.05) is 17.7 Å². The molecular weight excluding hydrogens is 286 g/mol. The van der Waals surface area contributed by atoms with Gasteiger partial charge in [-0.2, -0.15) is 5.10 Å². The second-order valence-electron chi connectivity index (χ2n) is 4.20. The number of hydrazone groups is 1. The van der Waals surface area contributed by atoms with Crippen LogP contribution >= 0.6 is 0 Å². The minimum absolute atomic E-state index is 0.0982. The first-order chi connectivity index (χ1) is 10.6. The SMILES string of the molecule is O=CN(N=CC(=O)c1ccccc1)c1ccc([N+](=O)[O-])cc1. The summed E-state index contributed by atoms with van der Waals surface area (Å²) in [4.78, 5) is 32.9. The van der Waals surface area contributed by atoms with Crippen LogP contribution in [0.4, 0.5) is 11.4 Å². The minimum atomic E-state index is -0.544. The van der Waals surface area contributed by atoms with E-state index in [0.717, 1.165) is 11.2 Å². The van der Waals surface area contributed by atoms with Crippen LogP contribution in [0.15, 0.2) is 59.7 Å². The highest BCUT2D eigenvalue weighted by Gasteiger charge is 2.09. The number of benzene rings is 2. The van der Waals surface area contributed by atoms with E-state index in [9.17, 15) is 19.7 Å². The smallest absolute Gasteiger partial charge is 0.269 e. The molecule has 2 aromatic rings. The summed E-state index contributed by atoms with van der Waals surface area (Å²) in [5, 5.41) is 15.3. The number of anilines is 1. The van der Waals surface area contributed by atoms with Crippen molar-refractivity contribution in [1.82, 2.24) is 0 Å². The Kier molecular flexibility index (Phi) is 4.71. The molecule has 2 rings (SSSR count). The quantitative estimate of drug-likeness (QED) is 0.269. The predicted molar refractivity (Wildman–Crippen MR) is 80.9 cm³/mol. The fourth-order valence-electron chi connectivity index (χ4n) is 1.67. The monoisotopic (exact) mass is 297 g/mol. The zero-order valence-corrected chi connectivity index (χ0v) is 11.3. The minimum Gasteiger partial charge on any atom is -0.287 e. The molecule has 0 N–H and O–H groups in total. The molecule has 0 spiro atoms. The number of rotatable bonds is 6. The lowest BCUT2D eigenvalue weighted by Crippen LogP contribution is -2.15. The maximum atomic E-state index is 11.9. The summed E-state index contributed by atoms with van der Waals surface area (Å²) in [5.74, 6) is -0.352. The third-order valence-corrected chi connectivity index (χ3v) is 2.78. The number of nitro benzene ring substituents is 1. The molecule has 0 radical (unpaired) electrons. The van der Waals surface area contributed by atoms with Crippen molar-refractivity contribution in [2.24, 2.45) is 5.10 Å². The van der Waals surface area contributed by atoms with E-state index in [-0.39, 0.29) is 11.5 Å². The molecule has 0 aromatic heterocycles. The number of non-ortho nitro benzene ring substituents is 1. The maximum Gasteiger partial charge on any atom is 0.269 e. The van der Waals surface area contributed by atoms with Gasteiger partial charge in [0.15, 0.2) is 0 Å². The van der Waals surface area contributed by atoms with Crippen molar-refractivity contribution in [2.75, 3.05) is 5.01 Å². The number of ketones is 1. The number of Topliss-reactive ketones (excluding diaryl/α,β-unsaturated/α-hetero) is 1. The van der Waals surface area contributed by atoms with E-state index < -0.39 is 4.92 Å². The lowest BCUT2D eigenvalue weighted by Gasteiger charge is -2.09. The van der Waals surface area contributed by atoms with E-state index in [1.54, 1.807) is 30.3 Å². The van der Waals surface area contributed by atoms with Crippen LogP contribution in [0.5, 0.6) is 0 Å². The van der Waals surface area contributed by atoms with Gasteiger partial charge < -0.3 is 0 Å². The normalized spacial score (nSPS) is 10.4. The molecule has 0 atom stereocenters. The zero-order valence-electron chi connectivity index (χ0n) is 11.3. The Bertz CT molecular complexity index is 711. The van der Waals surface area contributed by atoms with Crippen molar-refractivity contribution in [3.63, 3.8) is 0 Å². The molecule has 0 aliphatic rings. The molecule has 110 valence electrons. The van der Waals surface area contributed by atoms with Crippen molar-refractivity contribution in [1.29, 1.82) is 0 Å². The van der Waals surface area contributed by atoms with Crippen LogP contribution in [-0.4, -0.2) is 23.3 Å². The number of hydrogen-bond donors (Lipinski definition) is 0. The Balaban J connectivity index is 2.15. The first kappa shape index (κ1) is 15.0. The average Bonchev–Trinajstić information content (AvgIpc) is 2.56. The molecule has 0 heterocycles. The predicted octanol–water partition coefficient (Wildman–Crippen LogP) is 2.43. The highest BCUT2D eigenvalue weighted by Crippen LogP contribution is 2.18. The number of nitrogens with zero attached hydrogens (tertiary/aromatic N) is 3. The second-order valence-corrected chi connectivity index (χ2v) is 4.20. The number of nitro groups is 1. The molecule has 0 aliphatic carbocycles. The molecule has 22 heavy (non-hydrogen) atoms. The van der Waals surface area contributed by atoms with Gasteiger partial charge >= 0.3 is 0 Å². The second kappa shape index (κ2) is 6.89. The largest absolute Gasteiger partial charge is 0.287 e. The summed E-state index contributed by atoms with van der Waals surface area (Å²) in [6.45, 7) is 0. The zero-order chi connectivity index (χ0) is 15.9. The maximum absolute atomic E-state index is 11.9. The molecule has 0 saturated carbocycles.